The van der Waals surface area contributed by atoms with Crippen LogP contribution in [0.1, 0.15) is 24.7 Å². The Bertz CT molecular complexity index is 464. The lowest BCUT2D eigenvalue weighted by Crippen LogP contribution is -2.55. The number of carbonyl (C=O) groups excluding carboxylic acids is 1. The van der Waals surface area contributed by atoms with Crippen molar-refractivity contribution in [3.63, 3.8) is 0 Å². The molecule has 20 heavy (non-hydrogen) atoms. The van der Waals surface area contributed by atoms with Crippen LogP contribution in [0.4, 0.5) is 0 Å². The third kappa shape index (κ3) is 2.71. The van der Waals surface area contributed by atoms with E-state index in [-0.39, 0.29) is 11.9 Å². The van der Waals surface area contributed by atoms with E-state index < -0.39 is 0 Å². The summed E-state index contributed by atoms with van der Waals surface area (Å²) in [5.41, 5.74) is 2.15. The number of aromatic amines is 1. The maximum atomic E-state index is 12.6. The quantitative estimate of drug-likeness (QED) is 0.815. The molecule has 0 spiro atoms. The van der Waals surface area contributed by atoms with Crippen LogP contribution in [0.15, 0.2) is 6.33 Å². The largest absolute Gasteiger partial charge is 0.347 e. The lowest BCUT2D eigenvalue weighted by molar-refractivity contribution is -0.135. The zero-order valence-electron chi connectivity index (χ0n) is 12.1. The van der Waals surface area contributed by atoms with E-state index in [4.69, 9.17) is 0 Å². The van der Waals surface area contributed by atoms with E-state index in [9.17, 15) is 4.79 Å². The van der Waals surface area contributed by atoms with Crippen molar-refractivity contribution in [1.29, 1.82) is 0 Å². The number of nitrogens with zero attached hydrogens (tertiary/aromatic N) is 3. The summed E-state index contributed by atoms with van der Waals surface area (Å²) in [5, 5.41) is 3.32. The number of piperazine rings is 1. The number of imidazole rings is 1. The van der Waals surface area contributed by atoms with Gasteiger partial charge in [-0.1, -0.05) is 6.92 Å². The van der Waals surface area contributed by atoms with Gasteiger partial charge in [0.05, 0.1) is 23.8 Å². The maximum absolute atomic E-state index is 12.6. The molecule has 3 heterocycles. The third-order valence-electron chi connectivity index (χ3n) is 4.25. The van der Waals surface area contributed by atoms with Crippen molar-refractivity contribution >= 4 is 5.91 Å². The average molecular weight is 277 g/mol. The summed E-state index contributed by atoms with van der Waals surface area (Å²) in [6.45, 7) is 7.75. The van der Waals surface area contributed by atoms with Crippen LogP contribution < -0.4 is 5.32 Å². The molecule has 3 rings (SSSR count). The minimum Gasteiger partial charge on any atom is -0.347 e. The van der Waals surface area contributed by atoms with Crippen molar-refractivity contribution in [2.24, 2.45) is 0 Å². The number of aromatic nitrogens is 2. The molecule has 1 unspecified atom stereocenters. The van der Waals surface area contributed by atoms with Crippen molar-refractivity contribution < 1.29 is 4.79 Å². The summed E-state index contributed by atoms with van der Waals surface area (Å²) < 4.78 is 0. The second kappa shape index (κ2) is 5.93. The predicted octanol–water partition coefficient (Wildman–Crippen LogP) is -0.0218. The zero-order chi connectivity index (χ0) is 13.9. The number of H-pyrrole nitrogens is 1. The highest BCUT2D eigenvalue weighted by molar-refractivity contribution is 5.82. The predicted molar refractivity (Wildman–Crippen MR) is 76.2 cm³/mol. The number of nitrogens with one attached hydrogen (secondary N) is 2. The van der Waals surface area contributed by atoms with Gasteiger partial charge in [-0.05, 0) is 13.0 Å². The van der Waals surface area contributed by atoms with E-state index >= 15 is 0 Å². The molecule has 1 fully saturated rings. The molecule has 0 aliphatic carbocycles. The molecule has 1 aromatic rings. The Kier molecular flexibility index (Phi) is 4.03. The first-order valence-corrected chi connectivity index (χ1v) is 7.53. The first-order chi connectivity index (χ1) is 9.78. The first kappa shape index (κ1) is 13.6. The molecule has 0 bridgehead atoms. The molecular formula is C14H23N5O. The fraction of sp³-hybridized carbons (Fsp3) is 0.714. The van der Waals surface area contributed by atoms with Crippen LogP contribution >= 0.6 is 0 Å². The molecule has 0 saturated carbocycles. The lowest BCUT2D eigenvalue weighted by Gasteiger charge is -2.37. The van der Waals surface area contributed by atoms with Crippen LogP contribution in [-0.4, -0.2) is 64.4 Å². The van der Waals surface area contributed by atoms with Gasteiger partial charge in [0.1, 0.15) is 0 Å². The molecule has 2 aliphatic heterocycles. The highest BCUT2D eigenvalue weighted by Gasteiger charge is 2.30. The van der Waals surface area contributed by atoms with Crippen molar-refractivity contribution in [2.45, 2.75) is 32.4 Å². The van der Waals surface area contributed by atoms with E-state index in [2.05, 4.69) is 27.1 Å². The fourth-order valence-electron chi connectivity index (χ4n) is 3.07. The highest BCUT2D eigenvalue weighted by Crippen LogP contribution is 2.14. The van der Waals surface area contributed by atoms with Gasteiger partial charge >= 0.3 is 0 Å². The number of hydrogen-bond donors (Lipinski definition) is 2. The summed E-state index contributed by atoms with van der Waals surface area (Å²) in [5.74, 6) is 0.231. The van der Waals surface area contributed by atoms with Gasteiger partial charge in [0.2, 0.25) is 5.91 Å². The summed E-state index contributed by atoms with van der Waals surface area (Å²) in [6.07, 6.45) is 3.59. The van der Waals surface area contributed by atoms with Gasteiger partial charge < -0.3 is 9.88 Å². The van der Waals surface area contributed by atoms with Gasteiger partial charge in [-0.2, -0.15) is 0 Å². The second-order valence-corrected chi connectivity index (χ2v) is 5.63. The summed E-state index contributed by atoms with van der Waals surface area (Å²) >= 11 is 0. The lowest BCUT2D eigenvalue weighted by atomic mass is 10.0. The summed E-state index contributed by atoms with van der Waals surface area (Å²) in [4.78, 5) is 24.4. The molecule has 6 heteroatoms. The molecule has 0 aromatic carbocycles. The Morgan fingerprint density at radius 2 is 2.20 bits per heavy atom. The Morgan fingerprint density at radius 3 is 2.95 bits per heavy atom. The van der Waals surface area contributed by atoms with Gasteiger partial charge in [0.15, 0.2) is 0 Å². The molecule has 2 aliphatic rings. The van der Waals surface area contributed by atoms with Crippen LogP contribution in [0, 0.1) is 0 Å². The van der Waals surface area contributed by atoms with Crippen molar-refractivity contribution in [3.05, 3.63) is 17.7 Å². The van der Waals surface area contributed by atoms with Gasteiger partial charge in [0.25, 0.3) is 0 Å². The van der Waals surface area contributed by atoms with Gasteiger partial charge in [0, 0.05) is 39.1 Å². The minimum absolute atomic E-state index is 0.108. The minimum atomic E-state index is -0.108. The van der Waals surface area contributed by atoms with Crippen LogP contribution in [0.5, 0.6) is 0 Å². The Hall–Kier alpha value is -1.40. The second-order valence-electron chi connectivity index (χ2n) is 5.63. The van der Waals surface area contributed by atoms with Crippen molar-refractivity contribution in [2.75, 3.05) is 32.7 Å². The van der Waals surface area contributed by atoms with E-state index in [0.29, 0.717) is 13.0 Å². The van der Waals surface area contributed by atoms with Gasteiger partial charge in [-0.3, -0.25) is 15.0 Å². The van der Waals surface area contributed by atoms with Crippen molar-refractivity contribution in [3.8, 4) is 0 Å². The Labute approximate surface area is 119 Å². The smallest absolute Gasteiger partial charge is 0.240 e. The topological polar surface area (TPSA) is 64.3 Å². The number of rotatable bonds is 3. The number of fused-ring (bicyclic) bond motifs is 1. The van der Waals surface area contributed by atoms with E-state index in [1.54, 1.807) is 6.33 Å². The van der Waals surface area contributed by atoms with Crippen LogP contribution in [-0.2, 0) is 17.8 Å². The molecule has 0 radical (unpaired) electrons. The number of amides is 1. The molecule has 110 valence electrons. The maximum Gasteiger partial charge on any atom is 0.240 e. The molecule has 1 saturated heterocycles. The van der Waals surface area contributed by atoms with Crippen LogP contribution in [0.3, 0.4) is 0 Å². The van der Waals surface area contributed by atoms with Crippen molar-refractivity contribution in [1.82, 2.24) is 25.1 Å². The van der Waals surface area contributed by atoms with E-state index in [1.807, 2.05) is 4.90 Å². The Morgan fingerprint density at radius 1 is 1.40 bits per heavy atom. The molecule has 6 nitrogen and oxygen atoms in total. The summed E-state index contributed by atoms with van der Waals surface area (Å²) in [6, 6.07) is -0.108. The van der Waals surface area contributed by atoms with E-state index in [1.165, 1.54) is 6.42 Å². The molecule has 1 aromatic heterocycles. The average Bonchev–Trinajstić information content (AvgIpc) is 2.95. The number of carbonyl (C=O) groups is 1. The summed E-state index contributed by atoms with van der Waals surface area (Å²) in [7, 11) is 0. The molecule has 1 amide bonds. The van der Waals surface area contributed by atoms with Gasteiger partial charge in [-0.25, -0.2) is 4.98 Å². The monoisotopic (exact) mass is 277 g/mol. The zero-order valence-corrected chi connectivity index (χ0v) is 12.1. The number of hydrogen-bond acceptors (Lipinski definition) is 4. The standard InChI is InChI=1S/C14H23N5O/c1-2-3-18-4-6-19(7-5-18)14(20)12-8-11-13(9-15-12)17-10-16-11/h10,12,15H,2-9H2,1H3,(H,16,17). The highest BCUT2D eigenvalue weighted by atomic mass is 16.2. The molecular weight excluding hydrogens is 254 g/mol. The normalized spacial score (nSPS) is 23.6. The first-order valence-electron chi connectivity index (χ1n) is 7.53. The van der Waals surface area contributed by atoms with E-state index in [0.717, 1.165) is 44.1 Å². The van der Waals surface area contributed by atoms with Crippen LogP contribution in [0.25, 0.3) is 0 Å². The third-order valence-corrected chi connectivity index (χ3v) is 4.25. The fourth-order valence-corrected chi connectivity index (χ4v) is 3.07. The van der Waals surface area contributed by atoms with Crippen LogP contribution in [0.2, 0.25) is 0 Å². The van der Waals surface area contributed by atoms with Gasteiger partial charge in [-0.15, -0.1) is 0 Å². The Balaban J connectivity index is 1.55. The molecule has 1 atom stereocenters. The molecule has 2 N–H and O–H groups in total. The SMILES string of the molecule is CCCN1CCN(C(=O)C2Cc3nc[nH]c3CN2)CC1.